The van der Waals surface area contributed by atoms with E-state index in [1.807, 2.05) is 0 Å². The first-order valence-electron chi connectivity index (χ1n) is 3.63. The van der Waals surface area contributed by atoms with E-state index in [-0.39, 0.29) is 6.61 Å². The van der Waals surface area contributed by atoms with Crippen molar-refractivity contribution in [3.8, 4) is 0 Å². The van der Waals surface area contributed by atoms with Gasteiger partial charge in [-0.05, 0) is 0 Å². The van der Waals surface area contributed by atoms with E-state index in [0.717, 1.165) is 0 Å². The first-order chi connectivity index (χ1) is 6.40. The highest BCUT2D eigenvalue weighted by molar-refractivity contribution is 4.93. The van der Waals surface area contributed by atoms with Crippen LogP contribution in [0, 0.1) is 0 Å². The Morgan fingerprint density at radius 3 is 3.15 bits per heavy atom. The summed E-state index contributed by atoms with van der Waals surface area (Å²) in [4.78, 5) is 3.82. The summed E-state index contributed by atoms with van der Waals surface area (Å²) in [6.45, 7) is 0.247. The Morgan fingerprint density at radius 1 is 1.54 bits per heavy atom. The maximum absolute atomic E-state index is 8.87. The zero-order valence-corrected chi connectivity index (χ0v) is 6.66. The Kier molecular flexibility index (Phi) is 2.01. The standard InChI is InChI=1S/C6H7N5O2/c12-3-5-1-8-10-11(5)2-6-7-4-13-9-6/h1,4,12H,2-3H2. The molecule has 0 saturated carbocycles. The van der Waals surface area contributed by atoms with Crippen LogP contribution < -0.4 is 0 Å². The number of aliphatic hydroxyl groups is 1. The van der Waals surface area contributed by atoms with Gasteiger partial charge in [-0.1, -0.05) is 10.4 Å². The summed E-state index contributed by atoms with van der Waals surface area (Å²) in [7, 11) is 0. The fourth-order valence-electron chi connectivity index (χ4n) is 0.931. The molecule has 0 saturated heterocycles. The van der Waals surface area contributed by atoms with Crippen LogP contribution in [-0.2, 0) is 13.2 Å². The summed E-state index contributed by atoms with van der Waals surface area (Å²) >= 11 is 0. The van der Waals surface area contributed by atoms with Gasteiger partial charge >= 0.3 is 0 Å². The van der Waals surface area contributed by atoms with Crippen LogP contribution in [0.2, 0.25) is 0 Å². The second-order valence-electron chi connectivity index (χ2n) is 2.39. The monoisotopic (exact) mass is 181 g/mol. The minimum atomic E-state index is -0.106. The summed E-state index contributed by atoms with van der Waals surface area (Å²) < 4.78 is 6.06. The van der Waals surface area contributed by atoms with E-state index in [1.54, 1.807) is 0 Å². The summed E-state index contributed by atoms with van der Waals surface area (Å²) in [6, 6.07) is 0. The molecular formula is C6H7N5O2. The molecule has 0 radical (unpaired) electrons. The molecule has 0 bridgehead atoms. The van der Waals surface area contributed by atoms with E-state index >= 15 is 0 Å². The van der Waals surface area contributed by atoms with Gasteiger partial charge < -0.3 is 9.63 Å². The fraction of sp³-hybridized carbons (Fsp3) is 0.333. The second-order valence-corrected chi connectivity index (χ2v) is 2.39. The Morgan fingerprint density at radius 2 is 2.46 bits per heavy atom. The normalized spacial score (nSPS) is 10.5. The van der Waals surface area contributed by atoms with Crippen LogP contribution in [0.25, 0.3) is 0 Å². The minimum Gasteiger partial charge on any atom is -0.390 e. The van der Waals surface area contributed by atoms with Crippen molar-refractivity contribution in [3.63, 3.8) is 0 Å². The average Bonchev–Trinajstić information content (AvgIpc) is 2.76. The third-order valence-corrected chi connectivity index (χ3v) is 1.56. The molecule has 0 spiro atoms. The molecule has 0 aliphatic carbocycles. The minimum absolute atomic E-state index is 0.106. The molecule has 7 nitrogen and oxygen atoms in total. The highest BCUT2D eigenvalue weighted by Gasteiger charge is 2.05. The summed E-state index contributed by atoms with van der Waals surface area (Å²) in [5, 5.41) is 19.9. The maximum atomic E-state index is 8.87. The van der Waals surface area contributed by atoms with Crippen molar-refractivity contribution < 1.29 is 9.63 Å². The van der Waals surface area contributed by atoms with Gasteiger partial charge in [-0.3, -0.25) is 0 Å². The van der Waals surface area contributed by atoms with Crippen LogP contribution in [0.4, 0.5) is 0 Å². The second kappa shape index (κ2) is 3.31. The highest BCUT2D eigenvalue weighted by atomic mass is 16.5. The highest BCUT2D eigenvalue weighted by Crippen LogP contribution is 1.99. The van der Waals surface area contributed by atoms with Crippen LogP contribution >= 0.6 is 0 Å². The number of nitrogens with zero attached hydrogens (tertiary/aromatic N) is 5. The molecule has 7 heteroatoms. The van der Waals surface area contributed by atoms with Gasteiger partial charge in [0.05, 0.1) is 18.5 Å². The van der Waals surface area contributed by atoms with Crippen molar-refractivity contribution in [1.82, 2.24) is 25.1 Å². The van der Waals surface area contributed by atoms with Crippen LogP contribution in [0.5, 0.6) is 0 Å². The lowest BCUT2D eigenvalue weighted by Gasteiger charge is -1.98. The molecule has 2 aromatic rings. The Labute approximate surface area is 73.0 Å². The Bertz CT molecular complexity index is 368. The van der Waals surface area contributed by atoms with Crippen LogP contribution in [0.1, 0.15) is 11.5 Å². The van der Waals surface area contributed by atoms with Crippen molar-refractivity contribution in [2.45, 2.75) is 13.2 Å². The first-order valence-corrected chi connectivity index (χ1v) is 3.63. The van der Waals surface area contributed by atoms with Gasteiger partial charge in [-0.25, -0.2) is 4.68 Å². The number of hydrogen-bond acceptors (Lipinski definition) is 6. The smallest absolute Gasteiger partial charge is 0.213 e. The van der Waals surface area contributed by atoms with Gasteiger partial charge in [0, 0.05) is 0 Å². The average molecular weight is 181 g/mol. The van der Waals surface area contributed by atoms with Crippen LogP contribution in [0.15, 0.2) is 17.1 Å². The van der Waals surface area contributed by atoms with Crippen LogP contribution in [-0.4, -0.2) is 30.2 Å². The van der Waals surface area contributed by atoms with Crippen molar-refractivity contribution in [1.29, 1.82) is 0 Å². The lowest BCUT2D eigenvalue weighted by molar-refractivity contribution is 0.268. The molecule has 13 heavy (non-hydrogen) atoms. The molecule has 2 rings (SSSR count). The molecule has 68 valence electrons. The number of hydrogen-bond donors (Lipinski definition) is 1. The van der Waals surface area contributed by atoms with E-state index in [2.05, 4.69) is 25.0 Å². The third-order valence-electron chi connectivity index (χ3n) is 1.56. The van der Waals surface area contributed by atoms with Crippen molar-refractivity contribution >= 4 is 0 Å². The van der Waals surface area contributed by atoms with Gasteiger partial charge in [-0.15, -0.1) is 5.10 Å². The zero-order valence-electron chi connectivity index (χ0n) is 6.66. The Balaban J connectivity index is 2.18. The molecule has 0 atom stereocenters. The number of aromatic nitrogens is 5. The van der Waals surface area contributed by atoms with Crippen molar-refractivity contribution in [2.24, 2.45) is 0 Å². The summed E-state index contributed by atoms with van der Waals surface area (Å²) in [5.74, 6) is 0.500. The number of aliphatic hydroxyl groups excluding tert-OH is 1. The van der Waals surface area contributed by atoms with E-state index in [4.69, 9.17) is 5.11 Å². The topological polar surface area (TPSA) is 89.9 Å². The molecule has 0 unspecified atom stereocenters. The molecule has 2 heterocycles. The molecule has 1 N–H and O–H groups in total. The van der Waals surface area contributed by atoms with Gasteiger partial charge in [0.25, 0.3) is 0 Å². The molecule has 0 aromatic carbocycles. The van der Waals surface area contributed by atoms with Gasteiger partial charge in [0.15, 0.2) is 5.82 Å². The number of rotatable bonds is 3. The lowest BCUT2D eigenvalue weighted by Crippen LogP contribution is -2.07. The lowest BCUT2D eigenvalue weighted by atomic mass is 10.5. The molecule has 0 aliphatic heterocycles. The van der Waals surface area contributed by atoms with E-state index < -0.39 is 0 Å². The van der Waals surface area contributed by atoms with Crippen molar-refractivity contribution in [3.05, 3.63) is 24.1 Å². The van der Waals surface area contributed by atoms with E-state index in [9.17, 15) is 0 Å². The summed E-state index contributed by atoms with van der Waals surface area (Å²) in [6.07, 6.45) is 2.73. The maximum Gasteiger partial charge on any atom is 0.213 e. The quantitative estimate of drug-likeness (QED) is 0.666. The van der Waals surface area contributed by atoms with E-state index in [1.165, 1.54) is 17.3 Å². The van der Waals surface area contributed by atoms with E-state index in [0.29, 0.717) is 18.1 Å². The predicted molar refractivity (Wildman–Crippen MR) is 39.3 cm³/mol. The largest absolute Gasteiger partial charge is 0.390 e. The molecule has 0 fully saturated rings. The molecular weight excluding hydrogens is 174 g/mol. The van der Waals surface area contributed by atoms with Gasteiger partial charge in [0.2, 0.25) is 6.39 Å². The van der Waals surface area contributed by atoms with Crippen molar-refractivity contribution in [2.75, 3.05) is 0 Å². The SMILES string of the molecule is OCc1cnnn1Cc1ncon1. The van der Waals surface area contributed by atoms with Crippen LogP contribution in [0.3, 0.4) is 0 Å². The summed E-state index contributed by atoms with van der Waals surface area (Å²) in [5.41, 5.74) is 0.616. The third kappa shape index (κ3) is 1.54. The fourth-order valence-corrected chi connectivity index (χ4v) is 0.931. The first kappa shape index (κ1) is 7.87. The Hall–Kier alpha value is -1.76. The molecule has 0 aliphatic rings. The van der Waals surface area contributed by atoms with Gasteiger partial charge in [0.1, 0.15) is 6.54 Å². The zero-order chi connectivity index (χ0) is 9.10. The molecule has 2 aromatic heterocycles. The van der Waals surface area contributed by atoms with Gasteiger partial charge in [-0.2, -0.15) is 4.98 Å². The predicted octanol–water partition coefficient (Wildman–Crippen LogP) is -0.798. The molecule has 0 amide bonds.